The van der Waals surface area contributed by atoms with Crippen molar-refractivity contribution in [2.45, 2.75) is 40.2 Å². The Morgan fingerprint density at radius 1 is 1.38 bits per heavy atom. The van der Waals surface area contributed by atoms with Gasteiger partial charge in [-0.15, -0.1) is 0 Å². The second-order valence-electron chi connectivity index (χ2n) is 4.37. The van der Waals surface area contributed by atoms with Crippen LogP contribution in [0.3, 0.4) is 0 Å². The molecule has 5 nitrogen and oxygen atoms in total. The van der Waals surface area contributed by atoms with Crippen LogP contribution in [0.25, 0.3) is 0 Å². The Labute approximate surface area is 96.4 Å². The highest BCUT2D eigenvalue weighted by Crippen LogP contribution is 2.15. The summed E-state index contributed by atoms with van der Waals surface area (Å²) < 4.78 is 5.70. The molecule has 90 valence electrons. The van der Waals surface area contributed by atoms with Gasteiger partial charge in [-0.2, -0.15) is 4.98 Å². The van der Waals surface area contributed by atoms with E-state index in [-0.39, 0.29) is 6.10 Å². The quantitative estimate of drug-likeness (QED) is 0.590. The second kappa shape index (κ2) is 5.65. The summed E-state index contributed by atoms with van der Waals surface area (Å²) in [5, 5.41) is 0. The molecule has 0 aromatic carbocycles. The number of ether oxygens (including phenoxy) is 1. The van der Waals surface area contributed by atoms with Crippen molar-refractivity contribution in [3.63, 3.8) is 0 Å². The molecule has 0 aliphatic heterocycles. The average Bonchev–Trinajstić information content (AvgIpc) is 2.14. The number of nitrogens with two attached hydrogens (primary N) is 1. The van der Waals surface area contributed by atoms with Crippen molar-refractivity contribution in [1.82, 2.24) is 9.97 Å². The summed E-state index contributed by atoms with van der Waals surface area (Å²) in [5.41, 5.74) is 3.25. The van der Waals surface area contributed by atoms with Gasteiger partial charge in [0.2, 0.25) is 11.8 Å². The van der Waals surface area contributed by atoms with Gasteiger partial charge < -0.3 is 4.74 Å². The fourth-order valence-corrected chi connectivity index (χ4v) is 1.58. The monoisotopic (exact) mass is 224 g/mol. The van der Waals surface area contributed by atoms with Crippen molar-refractivity contribution in [2.24, 2.45) is 11.8 Å². The van der Waals surface area contributed by atoms with Crippen LogP contribution >= 0.6 is 0 Å². The number of nitrogens with one attached hydrogen (secondary N) is 1. The van der Waals surface area contributed by atoms with Crippen molar-refractivity contribution in [2.75, 3.05) is 5.43 Å². The molecule has 0 fully saturated rings. The lowest BCUT2D eigenvalue weighted by atomic mass is 10.1. The van der Waals surface area contributed by atoms with Crippen LogP contribution in [0.1, 0.15) is 32.9 Å². The van der Waals surface area contributed by atoms with E-state index in [0.29, 0.717) is 17.7 Å². The molecule has 1 atom stereocenters. The minimum absolute atomic E-state index is 0.139. The van der Waals surface area contributed by atoms with Crippen LogP contribution in [-0.4, -0.2) is 16.1 Å². The fourth-order valence-electron chi connectivity index (χ4n) is 1.58. The summed E-state index contributed by atoms with van der Waals surface area (Å²) >= 11 is 0. The van der Waals surface area contributed by atoms with Crippen molar-refractivity contribution in [3.8, 4) is 5.88 Å². The summed E-state index contributed by atoms with van der Waals surface area (Å²) in [6.07, 6.45) is 1.13. The third-order valence-corrected chi connectivity index (χ3v) is 2.09. The van der Waals surface area contributed by atoms with E-state index in [1.807, 2.05) is 13.8 Å². The minimum Gasteiger partial charge on any atom is -0.475 e. The first kappa shape index (κ1) is 12.7. The Balaban J connectivity index is 2.69. The zero-order valence-corrected chi connectivity index (χ0v) is 10.3. The number of hydrogen-bond donors (Lipinski definition) is 2. The highest BCUT2D eigenvalue weighted by atomic mass is 16.5. The molecular formula is C11H20N4O. The first-order valence-corrected chi connectivity index (χ1v) is 5.50. The van der Waals surface area contributed by atoms with Gasteiger partial charge in [0.1, 0.15) is 0 Å². The number of hydrazine groups is 1. The number of aryl methyl sites for hydroxylation is 1. The maximum atomic E-state index is 5.70. The standard InChI is InChI=1S/C11H20N4O/c1-7(2)5-9(4)16-10-6-8(3)13-11(14-10)15-12/h6-7,9H,5,12H2,1-4H3,(H,13,14,15). The SMILES string of the molecule is Cc1cc(OC(C)CC(C)C)nc(NN)n1. The van der Waals surface area contributed by atoms with Crippen LogP contribution < -0.4 is 16.0 Å². The molecule has 0 aliphatic rings. The summed E-state index contributed by atoms with van der Waals surface area (Å²) in [4.78, 5) is 8.22. The number of nitrogens with zero attached hydrogens (tertiary/aromatic N) is 2. The minimum atomic E-state index is 0.139. The third kappa shape index (κ3) is 4.02. The van der Waals surface area contributed by atoms with E-state index in [2.05, 4.69) is 29.2 Å². The van der Waals surface area contributed by atoms with E-state index >= 15 is 0 Å². The van der Waals surface area contributed by atoms with Crippen LogP contribution in [0, 0.1) is 12.8 Å². The highest BCUT2D eigenvalue weighted by molar-refractivity contribution is 5.28. The van der Waals surface area contributed by atoms with Crippen molar-refractivity contribution >= 4 is 5.95 Å². The van der Waals surface area contributed by atoms with Crippen LogP contribution in [-0.2, 0) is 0 Å². The molecule has 0 saturated heterocycles. The molecule has 1 unspecified atom stereocenters. The molecule has 0 saturated carbocycles. The maximum absolute atomic E-state index is 5.70. The molecule has 1 aromatic heterocycles. The van der Waals surface area contributed by atoms with Gasteiger partial charge in [-0.3, -0.25) is 5.43 Å². The Morgan fingerprint density at radius 2 is 2.06 bits per heavy atom. The first-order valence-electron chi connectivity index (χ1n) is 5.50. The van der Waals surface area contributed by atoms with Crippen LogP contribution in [0.2, 0.25) is 0 Å². The molecule has 1 rings (SSSR count). The van der Waals surface area contributed by atoms with Crippen molar-refractivity contribution in [1.29, 1.82) is 0 Å². The molecule has 0 spiro atoms. The summed E-state index contributed by atoms with van der Waals surface area (Å²) in [6, 6.07) is 1.80. The highest BCUT2D eigenvalue weighted by Gasteiger charge is 2.09. The second-order valence-corrected chi connectivity index (χ2v) is 4.37. The summed E-state index contributed by atoms with van der Waals surface area (Å²) in [5.74, 6) is 6.82. The van der Waals surface area contributed by atoms with E-state index in [1.165, 1.54) is 0 Å². The third-order valence-electron chi connectivity index (χ3n) is 2.09. The van der Waals surface area contributed by atoms with Gasteiger partial charge in [0, 0.05) is 11.8 Å². The van der Waals surface area contributed by atoms with E-state index in [1.54, 1.807) is 6.07 Å². The van der Waals surface area contributed by atoms with Crippen LogP contribution in [0.4, 0.5) is 5.95 Å². The summed E-state index contributed by atoms with van der Waals surface area (Å²) in [6.45, 7) is 8.24. The largest absolute Gasteiger partial charge is 0.475 e. The summed E-state index contributed by atoms with van der Waals surface area (Å²) in [7, 11) is 0. The fraction of sp³-hybridized carbons (Fsp3) is 0.636. The molecule has 16 heavy (non-hydrogen) atoms. The topological polar surface area (TPSA) is 73.1 Å². The van der Waals surface area contributed by atoms with E-state index < -0.39 is 0 Å². The number of nitrogen functional groups attached to an aromatic ring is 1. The number of rotatable bonds is 5. The van der Waals surface area contributed by atoms with Crippen LogP contribution in [0.15, 0.2) is 6.07 Å². The number of aromatic nitrogens is 2. The molecule has 3 N–H and O–H groups in total. The smallest absolute Gasteiger partial charge is 0.240 e. The molecule has 0 bridgehead atoms. The lowest BCUT2D eigenvalue weighted by molar-refractivity contribution is 0.185. The first-order chi connectivity index (χ1) is 7.51. The number of hydrogen-bond acceptors (Lipinski definition) is 5. The van der Waals surface area contributed by atoms with Gasteiger partial charge in [0.25, 0.3) is 0 Å². The molecule has 0 radical (unpaired) electrons. The van der Waals surface area contributed by atoms with Crippen molar-refractivity contribution in [3.05, 3.63) is 11.8 Å². The lowest BCUT2D eigenvalue weighted by Crippen LogP contribution is -2.17. The van der Waals surface area contributed by atoms with Gasteiger partial charge in [-0.1, -0.05) is 13.8 Å². The van der Waals surface area contributed by atoms with Gasteiger partial charge in [-0.05, 0) is 26.2 Å². The predicted molar refractivity (Wildman–Crippen MR) is 64.1 cm³/mol. The lowest BCUT2D eigenvalue weighted by Gasteiger charge is -2.16. The molecule has 1 heterocycles. The normalized spacial score (nSPS) is 12.6. The Hall–Kier alpha value is -1.36. The maximum Gasteiger partial charge on any atom is 0.240 e. The molecular weight excluding hydrogens is 204 g/mol. The average molecular weight is 224 g/mol. The van der Waals surface area contributed by atoms with E-state index in [4.69, 9.17) is 10.6 Å². The van der Waals surface area contributed by atoms with Crippen LogP contribution in [0.5, 0.6) is 5.88 Å². The van der Waals surface area contributed by atoms with Crippen molar-refractivity contribution < 1.29 is 4.74 Å². The Morgan fingerprint density at radius 3 is 2.62 bits per heavy atom. The molecule has 0 amide bonds. The van der Waals surface area contributed by atoms with Gasteiger partial charge in [-0.25, -0.2) is 10.8 Å². The zero-order chi connectivity index (χ0) is 12.1. The van der Waals surface area contributed by atoms with Gasteiger partial charge in [0.15, 0.2) is 0 Å². The predicted octanol–water partition coefficient (Wildman–Crippen LogP) is 1.88. The molecule has 5 heteroatoms. The van der Waals surface area contributed by atoms with E-state index in [0.717, 1.165) is 12.1 Å². The van der Waals surface area contributed by atoms with Gasteiger partial charge >= 0.3 is 0 Å². The molecule has 0 aliphatic carbocycles. The Bertz CT molecular complexity index is 341. The van der Waals surface area contributed by atoms with E-state index in [9.17, 15) is 0 Å². The zero-order valence-electron chi connectivity index (χ0n) is 10.3. The van der Waals surface area contributed by atoms with Gasteiger partial charge in [0.05, 0.1) is 6.10 Å². The number of anilines is 1. The Kier molecular flexibility index (Phi) is 4.49. The molecule has 1 aromatic rings.